The first-order chi connectivity index (χ1) is 12.8. The first kappa shape index (κ1) is 20.8. The molecule has 0 aromatic heterocycles. The second-order valence-corrected chi connectivity index (χ2v) is 7.11. The molecule has 0 aliphatic heterocycles. The van der Waals surface area contributed by atoms with E-state index in [9.17, 15) is 9.59 Å². The Kier molecular flexibility index (Phi) is 7.25. The number of nitrogens with one attached hydrogen (secondary N) is 2. The lowest BCUT2D eigenvalue weighted by Gasteiger charge is -2.23. The molecule has 0 fully saturated rings. The van der Waals surface area contributed by atoms with Crippen LogP contribution in [-0.2, 0) is 16.0 Å². The van der Waals surface area contributed by atoms with Crippen LogP contribution in [0.4, 0.5) is 5.69 Å². The number of carbonyl (C=O) groups excluding carboxylic acids is 2. The van der Waals surface area contributed by atoms with Crippen molar-refractivity contribution >= 4 is 29.1 Å². The molecule has 6 heteroatoms. The van der Waals surface area contributed by atoms with Gasteiger partial charge in [-0.15, -0.1) is 0 Å². The largest absolute Gasteiger partial charge is 0.494 e. The van der Waals surface area contributed by atoms with E-state index < -0.39 is 5.41 Å². The second kappa shape index (κ2) is 9.42. The highest BCUT2D eigenvalue weighted by atomic mass is 35.5. The molecule has 0 unspecified atom stereocenters. The van der Waals surface area contributed by atoms with Crippen LogP contribution in [0.2, 0.25) is 5.02 Å². The maximum Gasteiger partial charge on any atom is 0.239 e. The Morgan fingerprint density at radius 1 is 1.00 bits per heavy atom. The van der Waals surface area contributed by atoms with Crippen molar-refractivity contribution in [2.24, 2.45) is 5.41 Å². The van der Waals surface area contributed by atoms with Crippen molar-refractivity contribution in [2.75, 3.05) is 18.5 Å². The van der Waals surface area contributed by atoms with Gasteiger partial charge in [-0.3, -0.25) is 9.59 Å². The Morgan fingerprint density at radius 2 is 1.63 bits per heavy atom. The Hall–Kier alpha value is -2.53. The van der Waals surface area contributed by atoms with Gasteiger partial charge in [-0.1, -0.05) is 23.7 Å². The zero-order valence-corrected chi connectivity index (χ0v) is 16.6. The summed E-state index contributed by atoms with van der Waals surface area (Å²) < 4.78 is 5.37. The molecule has 5 nitrogen and oxygen atoms in total. The molecule has 27 heavy (non-hydrogen) atoms. The molecule has 0 saturated carbocycles. The topological polar surface area (TPSA) is 67.4 Å². The zero-order valence-electron chi connectivity index (χ0n) is 15.8. The third-order valence-electron chi connectivity index (χ3n) is 4.17. The van der Waals surface area contributed by atoms with Gasteiger partial charge in [-0.2, -0.15) is 0 Å². The maximum absolute atomic E-state index is 12.5. The van der Waals surface area contributed by atoms with Gasteiger partial charge in [-0.25, -0.2) is 0 Å². The molecule has 2 N–H and O–H groups in total. The molecule has 2 amide bonds. The summed E-state index contributed by atoms with van der Waals surface area (Å²) in [6, 6.07) is 14.5. The molecule has 0 radical (unpaired) electrons. The van der Waals surface area contributed by atoms with E-state index in [1.54, 1.807) is 38.1 Å². The second-order valence-electron chi connectivity index (χ2n) is 6.67. The van der Waals surface area contributed by atoms with Crippen LogP contribution in [0.3, 0.4) is 0 Å². The average molecular weight is 389 g/mol. The summed E-state index contributed by atoms with van der Waals surface area (Å²) in [5.74, 6) is 0.0465. The van der Waals surface area contributed by atoms with E-state index in [-0.39, 0.29) is 11.8 Å². The van der Waals surface area contributed by atoms with Crippen LogP contribution >= 0.6 is 11.6 Å². The van der Waals surface area contributed by atoms with Crippen molar-refractivity contribution in [1.29, 1.82) is 0 Å². The predicted octanol–water partition coefficient (Wildman–Crippen LogP) is 4.06. The molecule has 0 bridgehead atoms. The maximum atomic E-state index is 12.5. The van der Waals surface area contributed by atoms with E-state index in [1.807, 2.05) is 31.2 Å². The fourth-order valence-corrected chi connectivity index (χ4v) is 2.51. The fourth-order valence-electron chi connectivity index (χ4n) is 2.38. The van der Waals surface area contributed by atoms with E-state index in [4.69, 9.17) is 16.3 Å². The fraction of sp³-hybridized carbons (Fsp3) is 0.333. The van der Waals surface area contributed by atoms with Crippen molar-refractivity contribution in [3.8, 4) is 5.75 Å². The monoisotopic (exact) mass is 388 g/mol. The van der Waals surface area contributed by atoms with Gasteiger partial charge in [0.05, 0.1) is 6.61 Å². The van der Waals surface area contributed by atoms with Gasteiger partial charge < -0.3 is 15.4 Å². The van der Waals surface area contributed by atoms with Gasteiger partial charge in [0.15, 0.2) is 0 Å². The summed E-state index contributed by atoms with van der Waals surface area (Å²) in [6.07, 6.45) is 0.666. The summed E-state index contributed by atoms with van der Waals surface area (Å²) in [7, 11) is 0. The molecule has 0 aliphatic carbocycles. The first-order valence-electron chi connectivity index (χ1n) is 8.90. The Labute approximate surface area is 165 Å². The highest BCUT2D eigenvalue weighted by molar-refractivity contribution is 6.30. The van der Waals surface area contributed by atoms with Crippen molar-refractivity contribution in [2.45, 2.75) is 27.2 Å². The predicted molar refractivity (Wildman–Crippen MR) is 108 cm³/mol. The van der Waals surface area contributed by atoms with Crippen molar-refractivity contribution in [3.63, 3.8) is 0 Å². The molecule has 0 atom stereocenters. The molecule has 0 aliphatic rings. The van der Waals surface area contributed by atoms with E-state index in [0.717, 1.165) is 11.3 Å². The normalized spacial score (nSPS) is 11.0. The summed E-state index contributed by atoms with van der Waals surface area (Å²) in [6.45, 7) is 6.14. The van der Waals surface area contributed by atoms with Gasteiger partial charge in [0.2, 0.25) is 11.8 Å². The average Bonchev–Trinajstić information content (AvgIpc) is 2.65. The first-order valence-corrected chi connectivity index (χ1v) is 9.27. The molecule has 144 valence electrons. The number of anilines is 1. The lowest BCUT2D eigenvalue weighted by atomic mass is 9.91. The number of carbonyl (C=O) groups is 2. The molecule has 2 rings (SSSR count). The van der Waals surface area contributed by atoms with Crippen LogP contribution < -0.4 is 15.4 Å². The molecule has 2 aromatic rings. The number of amides is 2. The third-order valence-corrected chi connectivity index (χ3v) is 4.42. The summed E-state index contributed by atoms with van der Waals surface area (Å²) in [5, 5.41) is 6.28. The highest BCUT2D eigenvalue weighted by Crippen LogP contribution is 2.21. The number of hydrogen-bond acceptors (Lipinski definition) is 3. The lowest BCUT2D eigenvalue weighted by Crippen LogP contribution is -2.45. The van der Waals surface area contributed by atoms with Crippen LogP contribution in [0.25, 0.3) is 0 Å². The minimum atomic E-state index is -1.20. The Bertz CT molecular complexity index is 771. The van der Waals surface area contributed by atoms with E-state index >= 15 is 0 Å². The van der Waals surface area contributed by atoms with Gasteiger partial charge in [0.25, 0.3) is 0 Å². The molecular formula is C21H25ClN2O3. The van der Waals surface area contributed by atoms with Crippen LogP contribution in [-0.4, -0.2) is 25.0 Å². The van der Waals surface area contributed by atoms with Crippen molar-refractivity contribution in [3.05, 3.63) is 59.1 Å². The zero-order chi connectivity index (χ0) is 19.9. The molecular weight excluding hydrogens is 364 g/mol. The summed E-state index contributed by atoms with van der Waals surface area (Å²) in [5.41, 5.74) is 0.486. The minimum Gasteiger partial charge on any atom is -0.494 e. The number of rotatable bonds is 8. The number of halogens is 1. The highest BCUT2D eigenvalue weighted by Gasteiger charge is 2.35. The van der Waals surface area contributed by atoms with Gasteiger partial charge in [-0.05, 0) is 69.2 Å². The van der Waals surface area contributed by atoms with Crippen LogP contribution in [0.5, 0.6) is 5.75 Å². The molecule has 2 aromatic carbocycles. The minimum absolute atomic E-state index is 0.320. The van der Waals surface area contributed by atoms with E-state index in [1.165, 1.54) is 0 Å². The number of ether oxygens (including phenoxy) is 1. The lowest BCUT2D eigenvalue weighted by molar-refractivity contribution is -0.138. The number of benzene rings is 2. The number of hydrogen-bond donors (Lipinski definition) is 2. The van der Waals surface area contributed by atoms with E-state index in [0.29, 0.717) is 30.3 Å². The smallest absolute Gasteiger partial charge is 0.239 e. The quantitative estimate of drug-likeness (QED) is 0.670. The van der Waals surface area contributed by atoms with Gasteiger partial charge >= 0.3 is 0 Å². The van der Waals surface area contributed by atoms with Gasteiger partial charge in [0.1, 0.15) is 11.2 Å². The van der Waals surface area contributed by atoms with Crippen LogP contribution in [0.1, 0.15) is 26.3 Å². The van der Waals surface area contributed by atoms with E-state index in [2.05, 4.69) is 10.6 Å². The summed E-state index contributed by atoms with van der Waals surface area (Å²) >= 11 is 5.86. The molecule has 0 saturated heterocycles. The SMILES string of the molecule is CCOc1ccc(NC(=O)C(C)(C)C(=O)NCCc2ccc(Cl)cc2)cc1. The van der Waals surface area contributed by atoms with Crippen LogP contribution in [0.15, 0.2) is 48.5 Å². The molecule has 0 spiro atoms. The van der Waals surface area contributed by atoms with Gasteiger partial charge in [0, 0.05) is 17.3 Å². The standard InChI is InChI=1S/C21H25ClN2O3/c1-4-27-18-11-9-17(10-12-18)24-20(26)21(2,3)19(25)23-14-13-15-5-7-16(22)8-6-15/h5-12H,4,13-14H2,1-3H3,(H,23,25)(H,24,26). The Balaban J connectivity index is 1.87. The van der Waals surface area contributed by atoms with Crippen molar-refractivity contribution in [1.82, 2.24) is 5.32 Å². The Morgan fingerprint density at radius 3 is 2.22 bits per heavy atom. The summed E-state index contributed by atoms with van der Waals surface area (Å²) in [4.78, 5) is 25.0. The van der Waals surface area contributed by atoms with Crippen molar-refractivity contribution < 1.29 is 14.3 Å². The molecule has 0 heterocycles. The third kappa shape index (κ3) is 6.00. The van der Waals surface area contributed by atoms with Crippen LogP contribution in [0, 0.1) is 5.41 Å².